The van der Waals surface area contributed by atoms with Crippen LogP contribution in [-0.4, -0.2) is 18.9 Å². The molecule has 0 heterocycles. The molecular weight excluding hydrogens is 286 g/mol. The van der Waals surface area contributed by atoms with E-state index in [9.17, 15) is 13.6 Å². The van der Waals surface area contributed by atoms with Gasteiger partial charge < -0.3 is 4.90 Å². The zero-order chi connectivity index (χ0) is 16.0. The summed E-state index contributed by atoms with van der Waals surface area (Å²) in [5, 5.41) is 9.10. The first-order valence-electron chi connectivity index (χ1n) is 7.57. The van der Waals surface area contributed by atoms with Crippen molar-refractivity contribution in [3.63, 3.8) is 0 Å². The Morgan fingerprint density at radius 3 is 2.82 bits per heavy atom. The lowest BCUT2D eigenvalue weighted by atomic mass is 9.85. The lowest BCUT2D eigenvalue weighted by Crippen LogP contribution is -2.31. The van der Waals surface area contributed by atoms with E-state index in [0.717, 1.165) is 12.8 Å². The molecule has 1 amide bonds. The predicted molar refractivity (Wildman–Crippen MR) is 78.5 cm³/mol. The molecule has 2 unspecified atom stereocenters. The molecule has 3 rings (SSSR count). The molecule has 2 saturated carbocycles. The third-order valence-electron chi connectivity index (χ3n) is 5.28. The maximum atomic E-state index is 14.1. The number of carbonyl (C=O) groups excluding carboxylic acids is 1. The summed E-state index contributed by atoms with van der Waals surface area (Å²) in [7, 11) is 1.55. The van der Waals surface area contributed by atoms with Gasteiger partial charge in [0.15, 0.2) is 0 Å². The third kappa shape index (κ3) is 2.01. The number of carbonyl (C=O) groups is 1. The number of halogens is 2. The Morgan fingerprint density at radius 1 is 1.41 bits per heavy atom. The van der Waals surface area contributed by atoms with Gasteiger partial charge in [0.25, 0.3) is 5.92 Å². The smallest absolute Gasteiger partial charge is 0.258 e. The van der Waals surface area contributed by atoms with Crippen LogP contribution in [0.25, 0.3) is 0 Å². The van der Waals surface area contributed by atoms with Gasteiger partial charge in [-0.05, 0) is 25.0 Å². The highest BCUT2D eigenvalue weighted by Crippen LogP contribution is 2.73. The molecule has 2 aliphatic rings. The van der Waals surface area contributed by atoms with Crippen LogP contribution in [0, 0.1) is 22.7 Å². The van der Waals surface area contributed by atoms with E-state index in [1.807, 2.05) is 6.07 Å². The molecule has 0 aliphatic heterocycles. The summed E-state index contributed by atoms with van der Waals surface area (Å²) >= 11 is 0. The van der Waals surface area contributed by atoms with Crippen LogP contribution in [0.4, 0.5) is 14.5 Å². The van der Waals surface area contributed by atoms with Gasteiger partial charge in [-0.15, -0.1) is 0 Å². The minimum absolute atomic E-state index is 0.138. The number of para-hydroxylation sites is 1. The van der Waals surface area contributed by atoms with Crippen LogP contribution in [-0.2, 0) is 4.79 Å². The molecule has 116 valence electrons. The highest BCUT2D eigenvalue weighted by molar-refractivity contribution is 5.95. The second-order valence-corrected chi connectivity index (χ2v) is 6.34. The molecule has 1 aromatic carbocycles. The van der Waals surface area contributed by atoms with Gasteiger partial charge in [-0.25, -0.2) is 8.78 Å². The number of fused-ring (bicyclic) bond motifs is 1. The number of alkyl halides is 2. The Morgan fingerprint density at radius 2 is 2.14 bits per heavy atom. The molecule has 0 bridgehead atoms. The summed E-state index contributed by atoms with van der Waals surface area (Å²) in [6.07, 6.45) is 2.38. The monoisotopic (exact) mass is 304 g/mol. The summed E-state index contributed by atoms with van der Waals surface area (Å²) < 4.78 is 28.2. The lowest BCUT2D eigenvalue weighted by Gasteiger charge is -2.24. The van der Waals surface area contributed by atoms with Crippen LogP contribution in [0.5, 0.6) is 0 Å². The van der Waals surface area contributed by atoms with Crippen LogP contribution in [0.3, 0.4) is 0 Å². The fourth-order valence-corrected chi connectivity index (χ4v) is 3.89. The van der Waals surface area contributed by atoms with Crippen molar-refractivity contribution in [2.75, 3.05) is 11.9 Å². The van der Waals surface area contributed by atoms with Crippen molar-refractivity contribution in [3.05, 3.63) is 29.8 Å². The molecule has 0 spiro atoms. The van der Waals surface area contributed by atoms with Gasteiger partial charge in [0.2, 0.25) is 5.91 Å². The average molecular weight is 304 g/mol. The third-order valence-corrected chi connectivity index (χ3v) is 5.28. The van der Waals surface area contributed by atoms with Gasteiger partial charge in [-0.3, -0.25) is 4.79 Å². The van der Waals surface area contributed by atoms with Gasteiger partial charge in [-0.2, -0.15) is 5.26 Å². The van der Waals surface area contributed by atoms with Crippen LogP contribution in [0.15, 0.2) is 24.3 Å². The van der Waals surface area contributed by atoms with E-state index in [1.54, 1.807) is 31.3 Å². The molecule has 1 aromatic rings. The summed E-state index contributed by atoms with van der Waals surface area (Å²) in [5.41, 5.74) is -0.292. The molecule has 0 aromatic heterocycles. The molecule has 5 heteroatoms. The van der Waals surface area contributed by atoms with Crippen molar-refractivity contribution in [1.29, 1.82) is 5.26 Å². The number of nitrogens with zero attached hydrogens (tertiary/aromatic N) is 2. The van der Waals surface area contributed by atoms with E-state index >= 15 is 0 Å². The van der Waals surface area contributed by atoms with Gasteiger partial charge >= 0.3 is 0 Å². The fourth-order valence-electron chi connectivity index (χ4n) is 3.89. The SMILES string of the molecule is CN(C(=O)CC12CCCCC1C2(F)F)c1ccccc1C#N. The molecule has 0 saturated heterocycles. The van der Waals surface area contributed by atoms with Gasteiger partial charge in [0.05, 0.1) is 16.7 Å². The maximum Gasteiger partial charge on any atom is 0.258 e. The van der Waals surface area contributed by atoms with Crippen LogP contribution in [0.2, 0.25) is 0 Å². The van der Waals surface area contributed by atoms with Crippen LogP contribution in [0.1, 0.15) is 37.7 Å². The lowest BCUT2D eigenvalue weighted by molar-refractivity contribution is -0.120. The fraction of sp³-hybridized carbons (Fsp3) is 0.529. The average Bonchev–Trinajstić information content (AvgIpc) is 3.02. The van der Waals surface area contributed by atoms with E-state index in [0.29, 0.717) is 24.1 Å². The molecule has 3 nitrogen and oxygen atoms in total. The molecular formula is C17H18F2N2O. The van der Waals surface area contributed by atoms with Gasteiger partial charge in [0.1, 0.15) is 6.07 Å². The van der Waals surface area contributed by atoms with E-state index < -0.39 is 17.3 Å². The second kappa shape index (κ2) is 5.05. The number of amides is 1. The first-order chi connectivity index (χ1) is 10.4. The number of benzene rings is 1. The van der Waals surface area contributed by atoms with Crippen molar-refractivity contribution < 1.29 is 13.6 Å². The first kappa shape index (κ1) is 15.0. The molecule has 0 N–H and O–H groups in total. The second-order valence-electron chi connectivity index (χ2n) is 6.34. The van der Waals surface area contributed by atoms with Crippen LogP contribution >= 0.6 is 0 Å². The summed E-state index contributed by atoms with van der Waals surface area (Å²) in [4.78, 5) is 13.8. The Balaban J connectivity index is 1.79. The Kier molecular flexibility index (Phi) is 3.43. The van der Waals surface area contributed by atoms with Crippen molar-refractivity contribution in [3.8, 4) is 6.07 Å². The standard InChI is InChI=1S/C17H18F2N2O/c1-21(13-7-3-2-6-12(13)11-20)15(22)10-16-9-5-4-8-14(16)17(16,18)19/h2-3,6-7,14H,4-5,8-10H2,1H3. The highest BCUT2D eigenvalue weighted by atomic mass is 19.3. The van der Waals surface area contributed by atoms with Crippen molar-refractivity contribution in [2.24, 2.45) is 11.3 Å². The normalized spacial score (nSPS) is 28.4. The van der Waals surface area contributed by atoms with Crippen molar-refractivity contribution in [2.45, 2.75) is 38.0 Å². The van der Waals surface area contributed by atoms with E-state index in [1.165, 1.54) is 4.90 Å². The Labute approximate surface area is 128 Å². The molecule has 2 aliphatic carbocycles. The number of rotatable bonds is 3. The van der Waals surface area contributed by atoms with Crippen molar-refractivity contribution >= 4 is 11.6 Å². The van der Waals surface area contributed by atoms with Gasteiger partial charge in [0, 0.05) is 19.4 Å². The number of anilines is 1. The van der Waals surface area contributed by atoms with E-state index in [-0.39, 0.29) is 12.3 Å². The molecule has 0 radical (unpaired) electrons. The predicted octanol–water partition coefficient (Wildman–Crippen LogP) is 3.74. The zero-order valence-corrected chi connectivity index (χ0v) is 12.5. The largest absolute Gasteiger partial charge is 0.314 e. The molecule has 22 heavy (non-hydrogen) atoms. The Hall–Kier alpha value is -1.96. The number of nitriles is 1. The topological polar surface area (TPSA) is 44.1 Å². The number of hydrogen-bond donors (Lipinski definition) is 0. The maximum absolute atomic E-state index is 14.1. The van der Waals surface area contributed by atoms with Crippen LogP contribution < -0.4 is 4.90 Å². The first-order valence-corrected chi connectivity index (χ1v) is 7.57. The summed E-state index contributed by atoms with van der Waals surface area (Å²) in [5.74, 6) is -3.70. The molecule has 2 atom stereocenters. The Bertz CT molecular complexity index is 652. The van der Waals surface area contributed by atoms with E-state index in [2.05, 4.69) is 0 Å². The van der Waals surface area contributed by atoms with Crippen molar-refractivity contribution in [1.82, 2.24) is 0 Å². The minimum Gasteiger partial charge on any atom is -0.314 e. The quantitative estimate of drug-likeness (QED) is 0.854. The molecule has 2 fully saturated rings. The highest BCUT2D eigenvalue weighted by Gasteiger charge is 2.80. The van der Waals surface area contributed by atoms with Gasteiger partial charge in [-0.1, -0.05) is 25.0 Å². The zero-order valence-electron chi connectivity index (χ0n) is 12.5. The van der Waals surface area contributed by atoms with E-state index in [4.69, 9.17) is 5.26 Å². The summed E-state index contributed by atoms with van der Waals surface area (Å²) in [6, 6.07) is 8.75. The minimum atomic E-state index is -2.71. The number of hydrogen-bond acceptors (Lipinski definition) is 2. The summed E-state index contributed by atoms with van der Waals surface area (Å²) in [6.45, 7) is 0.